The SMILES string of the molecule is CN(C)C(CNc1ncnc2ccc(S(C)(=O)=O)cc12)c1cccc(F)c1. The zero-order chi connectivity index (χ0) is 19.6. The van der Waals surface area contributed by atoms with Crippen molar-refractivity contribution in [2.24, 2.45) is 0 Å². The van der Waals surface area contributed by atoms with Crippen molar-refractivity contribution in [3.8, 4) is 0 Å². The largest absolute Gasteiger partial charge is 0.368 e. The Balaban J connectivity index is 1.93. The zero-order valence-electron chi connectivity index (χ0n) is 15.3. The number of sulfone groups is 1. The smallest absolute Gasteiger partial charge is 0.175 e. The van der Waals surface area contributed by atoms with E-state index in [1.807, 2.05) is 25.1 Å². The molecule has 6 nitrogen and oxygen atoms in total. The molecule has 0 fully saturated rings. The first-order chi connectivity index (χ1) is 12.8. The van der Waals surface area contributed by atoms with Crippen LogP contribution >= 0.6 is 0 Å². The van der Waals surface area contributed by atoms with Crippen molar-refractivity contribution in [1.29, 1.82) is 0 Å². The summed E-state index contributed by atoms with van der Waals surface area (Å²) in [6, 6.07) is 11.1. The summed E-state index contributed by atoms with van der Waals surface area (Å²) in [7, 11) is 0.491. The Morgan fingerprint density at radius 1 is 1.15 bits per heavy atom. The van der Waals surface area contributed by atoms with Crippen molar-refractivity contribution in [2.75, 3.05) is 32.2 Å². The highest BCUT2D eigenvalue weighted by atomic mass is 32.2. The number of likely N-dealkylation sites (N-methyl/N-ethyl adjacent to an activating group) is 1. The summed E-state index contributed by atoms with van der Waals surface area (Å²) >= 11 is 0. The fourth-order valence-corrected chi connectivity index (χ4v) is 3.56. The van der Waals surface area contributed by atoms with E-state index < -0.39 is 9.84 Å². The van der Waals surface area contributed by atoms with E-state index in [2.05, 4.69) is 15.3 Å². The average molecular weight is 388 g/mol. The maximum atomic E-state index is 13.6. The molecule has 0 radical (unpaired) electrons. The Labute approximate surface area is 158 Å². The minimum Gasteiger partial charge on any atom is -0.368 e. The standard InChI is InChI=1S/C19H21FN4O2S/c1-24(2)18(13-5-4-6-14(20)9-13)11-21-19-16-10-15(27(3,25)26)7-8-17(16)22-12-23-19/h4-10,12,18H,11H2,1-3H3,(H,21,22,23). The lowest BCUT2D eigenvalue weighted by Gasteiger charge is -2.25. The minimum absolute atomic E-state index is 0.0937. The quantitative estimate of drug-likeness (QED) is 0.700. The van der Waals surface area contributed by atoms with E-state index in [1.54, 1.807) is 18.2 Å². The van der Waals surface area contributed by atoms with Crippen molar-refractivity contribution in [1.82, 2.24) is 14.9 Å². The van der Waals surface area contributed by atoms with Crippen LogP contribution in [0.1, 0.15) is 11.6 Å². The van der Waals surface area contributed by atoms with Gasteiger partial charge in [-0.2, -0.15) is 0 Å². The summed E-state index contributed by atoms with van der Waals surface area (Å²) in [4.78, 5) is 10.6. The van der Waals surface area contributed by atoms with Gasteiger partial charge in [0.25, 0.3) is 0 Å². The average Bonchev–Trinajstić information content (AvgIpc) is 2.60. The molecule has 0 spiro atoms. The summed E-state index contributed by atoms with van der Waals surface area (Å²) in [5.74, 6) is 0.249. The normalized spacial score (nSPS) is 13.1. The molecule has 0 aliphatic rings. The first-order valence-electron chi connectivity index (χ1n) is 8.36. The molecule has 1 aromatic heterocycles. The number of nitrogens with zero attached hydrogens (tertiary/aromatic N) is 3. The van der Waals surface area contributed by atoms with E-state index >= 15 is 0 Å². The van der Waals surface area contributed by atoms with Gasteiger partial charge in [0, 0.05) is 18.2 Å². The summed E-state index contributed by atoms with van der Waals surface area (Å²) in [5, 5.41) is 3.88. The lowest BCUT2D eigenvalue weighted by atomic mass is 10.1. The lowest BCUT2D eigenvalue weighted by molar-refractivity contribution is 0.311. The van der Waals surface area contributed by atoms with Crippen LogP contribution in [0.2, 0.25) is 0 Å². The fraction of sp³-hybridized carbons (Fsp3) is 0.263. The van der Waals surface area contributed by atoms with Gasteiger partial charge in [0.15, 0.2) is 9.84 Å². The van der Waals surface area contributed by atoms with E-state index in [0.717, 1.165) is 11.8 Å². The third-order valence-corrected chi connectivity index (χ3v) is 5.46. The first kappa shape index (κ1) is 19.2. The predicted molar refractivity (Wildman–Crippen MR) is 104 cm³/mol. The van der Waals surface area contributed by atoms with Crippen molar-refractivity contribution in [2.45, 2.75) is 10.9 Å². The number of benzene rings is 2. The fourth-order valence-electron chi connectivity index (χ4n) is 2.91. The van der Waals surface area contributed by atoms with E-state index in [0.29, 0.717) is 23.3 Å². The Bertz CT molecular complexity index is 1070. The van der Waals surface area contributed by atoms with Gasteiger partial charge in [-0.15, -0.1) is 0 Å². The molecule has 8 heteroatoms. The Morgan fingerprint density at radius 2 is 1.93 bits per heavy atom. The van der Waals surface area contributed by atoms with Gasteiger partial charge in [-0.05, 0) is 50.0 Å². The number of nitrogens with one attached hydrogen (secondary N) is 1. The molecule has 2 aromatic carbocycles. The third-order valence-electron chi connectivity index (χ3n) is 4.35. The van der Waals surface area contributed by atoms with Crippen LogP contribution in [-0.4, -0.2) is 50.2 Å². The number of anilines is 1. The van der Waals surface area contributed by atoms with Crippen LogP contribution < -0.4 is 5.32 Å². The first-order valence-corrected chi connectivity index (χ1v) is 10.3. The monoisotopic (exact) mass is 388 g/mol. The number of aromatic nitrogens is 2. The van der Waals surface area contributed by atoms with E-state index in [9.17, 15) is 12.8 Å². The molecule has 1 unspecified atom stereocenters. The topological polar surface area (TPSA) is 75.2 Å². The predicted octanol–water partition coefficient (Wildman–Crippen LogP) is 2.89. The maximum absolute atomic E-state index is 13.6. The van der Waals surface area contributed by atoms with Crippen molar-refractivity contribution >= 4 is 26.6 Å². The van der Waals surface area contributed by atoms with Gasteiger partial charge in [0.2, 0.25) is 0 Å². The van der Waals surface area contributed by atoms with Crippen molar-refractivity contribution in [3.05, 3.63) is 60.2 Å². The second-order valence-electron chi connectivity index (χ2n) is 6.59. The van der Waals surface area contributed by atoms with Crippen LogP contribution in [-0.2, 0) is 9.84 Å². The molecule has 0 bridgehead atoms. The highest BCUT2D eigenvalue weighted by Crippen LogP contribution is 2.25. The molecule has 3 rings (SSSR count). The summed E-state index contributed by atoms with van der Waals surface area (Å²) < 4.78 is 37.3. The summed E-state index contributed by atoms with van der Waals surface area (Å²) in [6.07, 6.45) is 2.59. The molecule has 0 aliphatic heterocycles. The second-order valence-corrected chi connectivity index (χ2v) is 8.60. The molecule has 27 heavy (non-hydrogen) atoms. The Hall–Kier alpha value is -2.58. The zero-order valence-corrected chi connectivity index (χ0v) is 16.2. The molecule has 142 valence electrons. The van der Waals surface area contributed by atoms with E-state index in [-0.39, 0.29) is 16.8 Å². The number of rotatable bonds is 6. The van der Waals surface area contributed by atoms with E-state index in [4.69, 9.17) is 0 Å². The molecular weight excluding hydrogens is 367 g/mol. The van der Waals surface area contributed by atoms with Gasteiger partial charge in [-0.3, -0.25) is 0 Å². The number of hydrogen-bond donors (Lipinski definition) is 1. The molecular formula is C19H21FN4O2S. The van der Waals surface area contributed by atoms with Gasteiger partial charge in [-0.1, -0.05) is 12.1 Å². The molecule has 0 saturated carbocycles. The lowest BCUT2D eigenvalue weighted by Crippen LogP contribution is -2.27. The number of hydrogen-bond acceptors (Lipinski definition) is 6. The van der Waals surface area contributed by atoms with Crippen LogP contribution in [0.5, 0.6) is 0 Å². The van der Waals surface area contributed by atoms with Crippen LogP contribution in [0.4, 0.5) is 10.2 Å². The Kier molecular flexibility index (Phi) is 5.38. The minimum atomic E-state index is -3.34. The molecule has 1 heterocycles. The summed E-state index contributed by atoms with van der Waals surface area (Å²) in [5.41, 5.74) is 1.48. The van der Waals surface area contributed by atoms with Gasteiger partial charge < -0.3 is 10.2 Å². The van der Waals surface area contributed by atoms with Crippen LogP contribution in [0.15, 0.2) is 53.7 Å². The van der Waals surface area contributed by atoms with Crippen molar-refractivity contribution in [3.63, 3.8) is 0 Å². The molecule has 0 aliphatic carbocycles. The van der Waals surface area contributed by atoms with Gasteiger partial charge in [0.1, 0.15) is 18.0 Å². The van der Waals surface area contributed by atoms with Gasteiger partial charge in [0.05, 0.1) is 16.5 Å². The van der Waals surface area contributed by atoms with Crippen molar-refractivity contribution < 1.29 is 12.8 Å². The van der Waals surface area contributed by atoms with Crippen LogP contribution in [0.25, 0.3) is 10.9 Å². The summed E-state index contributed by atoms with van der Waals surface area (Å²) in [6.45, 7) is 0.464. The van der Waals surface area contributed by atoms with Gasteiger partial charge in [-0.25, -0.2) is 22.8 Å². The molecule has 0 saturated heterocycles. The Morgan fingerprint density at radius 3 is 2.59 bits per heavy atom. The molecule has 1 atom stereocenters. The third kappa shape index (κ3) is 4.40. The number of halogens is 1. The second kappa shape index (κ2) is 7.58. The highest BCUT2D eigenvalue weighted by molar-refractivity contribution is 7.90. The highest BCUT2D eigenvalue weighted by Gasteiger charge is 2.16. The molecule has 3 aromatic rings. The number of fused-ring (bicyclic) bond motifs is 1. The van der Waals surface area contributed by atoms with Crippen LogP contribution in [0.3, 0.4) is 0 Å². The molecule has 1 N–H and O–H groups in total. The van der Waals surface area contributed by atoms with Crippen LogP contribution in [0, 0.1) is 5.82 Å². The molecule has 0 amide bonds. The maximum Gasteiger partial charge on any atom is 0.175 e. The van der Waals surface area contributed by atoms with Gasteiger partial charge >= 0.3 is 0 Å². The van der Waals surface area contributed by atoms with E-state index in [1.165, 1.54) is 24.5 Å².